The van der Waals surface area contributed by atoms with Gasteiger partial charge in [-0.25, -0.2) is 0 Å². The molecule has 0 saturated carbocycles. The first-order chi connectivity index (χ1) is 7.59. The summed E-state index contributed by atoms with van der Waals surface area (Å²) in [7, 11) is 0. The van der Waals surface area contributed by atoms with E-state index < -0.39 is 0 Å². The molecule has 2 aromatic rings. The van der Waals surface area contributed by atoms with Crippen molar-refractivity contribution < 1.29 is 0 Å². The Labute approximate surface area is 139 Å². The van der Waals surface area contributed by atoms with E-state index in [9.17, 15) is 0 Å². The van der Waals surface area contributed by atoms with Crippen LogP contribution in [-0.2, 0) is 0 Å². The van der Waals surface area contributed by atoms with Crippen LogP contribution in [0.3, 0.4) is 0 Å². The average molecular weight is 564 g/mol. The summed E-state index contributed by atoms with van der Waals surface area (Å²) in [5, 5.41) is 0. The average Bonchev–Trinajstić information content (AvgIpc) is 2.26. The molecule has 0 aromatic heterocycles. The maximum Gasteiger partial charge on any atom is 0.0351 e. The summed E-state index contributed by atoms with van der Waals surface area (Å²) in [5.41, 5.74) is 2.53. The molecule has 0 amide bonds. The second-order valence-electron chi connectivity index (χ2n) is 3.23. The van der Waals surface area contributed by atoms with Crippen LogP contribution in [0.15, 0.2) is 45.3 Å². The summed E-state index contributed by atoms with van der Waals surface area (Å²) < 4.78 is 4.76. The third-order valence-corrected chi connectivity index (χ3v) is 6.17. The molecule has 16 heavy (non-hydrogen) atoms. The van der Waals surface area contributed by atoms with Gasteiger partial charge < -0.3 is 0 Å². The van der Waals surface area contributed by atoms with Crippen LogP contribution in [0.4, 0.5) is 0 Å². The highest BCUT2D eigenvalue weighted by atomic mass is 127. The second-order valence-corrected chi connectivity index (χ2v) is 7.24. The standard InChI is InChI=1S/C12H6Br2I2/c13-7-4-5-11(15)9(6-7)8-2-1-3-10(14)12(8)16/h1-6H. The molecule has 4 heteroatoms. The highest BCUT2D eigenvalue weighted by Crippen LogP contribution is 2.34. The van der Waals surface area contributed by atoms with E-state index in [1.165, 1.54) is 18.3 Å². The van der Waals surface area contributed by atoms with Crippen LogP contribution in [0.2, 0.25) is 0 Å². The van der Waals surface area contributed by atoms with E-state index in [-0.39, 0.29) is 0 Å². The normalized spacial score (nSPS) is 10.5. The van der Waals surface area contributed by atoms with Gasteiger partial charge in [-0.15, -0.1) is 0 Å². The summed E-state index contributed by atoms with van der Waals surface area (Å²) >= 11 is 11.8. The van der Waals surface area contributed by atoms with Crippen LogP contribution in [0.25, 0.3) is 11.1 Å². The molecule has 2 aromatic carbocycles. The third kappa shape index (κ3) is 2.81. The molecule has 0 spiro atoms. The van der Waals surface area contributed by atoms with E-state index >= 15 is 0 Å². The third-order valence-electron chi connectivity index (χ3n) is 2.17. The highest BCUT2D eigenvalue weighted by molar-refractivity contribution is 14.1. The molecule has 0 aliphatic carbocycles. The predicted octanol–water partition coefficient (Wildman–Crippen LogP) is 6.09. The van der Waals surface area contributed by atoms with E-state index in [2.05, 4.69) is 113 Å². The smallest absolute Gasteiger partial charge is 0.0351 e. The maximum absolute atomic E-state index is 3.56. The zero-order valence-electron chi connectivity index (χ0n) is 7.98. The van der Waals surface area contributed by atoms with Gasteiger partial charge in [0.15, 0.2) is 0 Å². The maximum atomic E-state index is 3.56. The zero-order valence-corrected chi connectivity index (χ0v) is 15.5. The summed E-state index contributed by atoms with van der Waals surface area (Å²) in [4.78, 5) is 0. The molecule has 0 heterocycles. The van der Waals surface area contributed by atoms with Gasteiger partial charge in [0, 0.05) is 16.1 Å². The lowest BCUT2D eigenvalue weighted by Crippen LogP contribution is -1.87. The van der Waals surface area contributed by atoms with Crippen LogP contribution in [-0.4, -0.2) is 0 Å². The van der Waals surface area contributed by atoms with Gasteiger partial charge in [-0.2, -0.15) is 0 Å². The Hall–Kier alpha value is 0.860. The Balaban J connectivity index is 2.67. The fourth-order valence-electron chi connectivity index (χ4n) is 1.42. The molecule has 0 fully saturated rings. The minimum absolute atomic E-state index is 1.11. The minimum atomic E-state index is 1.11. The molecular formula is C12H6Br2I2. The SMILES string of the molecule is Brc1ccc(I)c(-c2cccc(Br)c2I)c1. The lowest BCUT2D eigenvalue weighted by atomic mass is 10.1. The number of halogens is 4. The fourth-order valence-corrected chi connectivity index (χ4v) is 3.42. The molecule has 0 aliphatic rings. The Morgan fingerprint density at radius 2 is 1.62 bits per heavy atom. The Morgan fingerprint density at radius 1 is 0.875 bits per heavy atom. The molecule has 0 bridgehead atoms. The second kappa shape index (κ2) is 5.67. The molecule has 0 N–H and O–H groups in total. The topological polar surface area (TPSA) is 0 Å². The van der Waals surface area contributed by atoms with Gasteiger partial charge in [-0.3, -0.25) is 0 Å². The molecular weight excluding hydrogens is 558 g/mol. The molecule has 0 atom stereocenters. The Morgan fingerprint density at radius 3 is 2.38 bits per heavy atom. The zero-order chi connectivity index (χ0) is 11.7. The van der Waals surface area contributed by atoms with E-state index in [0.29, 0.717) is 0 Å². The highest BCUT2D eigenvalue weighted by Gasteiger charge is 2.09. The molecule has 0 unspecified atom stereocenters. The van der Waals surface area contributed by atoms with Crippen LogP contribution in [0, 0.1) is 7.14 Å². The van der Waals surface area contributed by atoms with Gasteiger partial charge >= 0.3 is 0 Å². The van der Waals surface area contributed by atoms with Crippen molar-refractivity contribution in [2.75, 3.05) is 0 Å². The van der Waals surface area contributed by atoms with Crippen LogP contribution in [0.1, 0.15) is 0 Å². The summed E-state index contributed by atoms with van der Waals surface area (Å²) in [5.74, 6) is 0. The first-order valence-corrected chi connectivity index (χ1v) is 8.23. The minimum Gasteiger partial charge on any atom is -0.0605 e. The van der Waals surface area contributed by atoms with Gasteiger partial charge in [0.25, 0.3) is 0 Å². The fraction of sp³-hybridized carbons (Fsp3) is 0. The van der Waals surface area contributed by atoms with Gasteiger partial charge in [0.1, 0.15) is 0 Å². The first-order valence-electron chi connectivity index (χ1n) is 4.49. The Bertz CT molecular complexity index is 539. The van der Waals surface area contributed by atoms with Crippen molar-refractivity contribution in [3.63, 3.8) is 0 Å². The molecule has 0 saturated heterocycles. The quantitative estimate of drug-likeness (QED) is 0.369. The van der Waals surface area contributed by atoms with E-state index in [0.717, 1.165) is 8.95 Å². The number of hydrogen-bond donors (Lipinski definition) is 0. The van der Waals surface area contributed by atoms with Crippen molar-refractivity contribution in [3.05, 3.63) is 52.5 Å². The van der Waals surface area contributed by atoms with Gasteiger partial charge in [0.05, 0.1) is 0 Å². The van der Waals surface area contributed by atoms with Gasteiger partial charge in [-0.05, 0) is 96.5 Å². The van der Waals surface area contributed by atoms with Crippen LogP contribution in [0.5, 0.6) is 0 Å². The number of rotatable bonds is 1. The monoisotopic (exact) mass is 562 g/mol. The lowest BCUT2D eigenvalue weighted by molar-refractivity contribution is 1.51. The number of hydrogen-bond acceptors (Lipinski definition) is 0. The van der Waals surface area contributed by atoms with Crippen molar-refractivity contribution in [1.29, 1.82) is 0 Å². The summed E-state index contributed by atoms with van der Waals surface area (Å²) in [6, 6.07) is 12.6. The first kappa shape index (κ1) is 13.3. The van der Waals surface area contributed by atoms with Gasteiger partial charge in [-0.1, -0.05) is 28.1 Å². The molecule has 0 nitrogen and oxygen atoms in total. The van der Waals surface area contributed by atoms with Crippen molar-refractivity contribution in [2.24, 2.45) is 0 Å². The summed E-state index contributed by atoms with van der Waals surface area (Å²) in [6.45, 7) is 0. The number of benzene rings is 2. The van der Waals surface area contributed by atoms with E-state index in [1.807, 2.05) is 0 Å². The molecule has 82 valence electrons. The van der Waals surface area contributed by atoms with E-state index in [1.54, 1.807) is 0 Å². The Kier molecular flexibility index (Phi) is 4.71. The van der Waals surface area contributed by atoms with Crippen molar-refractivity contribution >= 4 is 77.0 Å². The van der Waals surface area contributed by atoms with Crippen LogP contribution >= 0.6 is 77.0 Å². The molecule has 2 rings (SSSR count). The van der Waals surface area contributed by atoms with Crippen molar-refractivity contribution in [3.8, 4) is 11.1 Å². The van der Waals surface area contributed by atoms with Crippen molar-refractivity contribution in [1.82, 2.24) is 0 Å². The molecule has 0 aliphatic heterocycles. The lowest BCUT2D eigenvalue weighted by Gasteiger charge is -2.09. The predicted molar refractivity (Wildman–Crippen MR) is 92.7 cm³/mol. The summed E-state index contributed by atoms with van der Waals surface area (Å²) in [6.07, 6.45) is 0. The van der Waals surface area contributed by atoms with E-state index in [4.69, 9.17) is 0 Å². The van der Waals surface area contributed by atoms with Crippen molar-refractivity contribution in [2.45, 2.75) is 0 Å². The van der Waals surface area contributed by atoms with Gasteiger partial charge in [0.2, 0.25) is 0 Å². The van der Waals surface area contributed by atoms with Crippen LogP contribution < -0.4 is 0 Å². The molecule has 0 radical (unpaired) electrons. The largest absolute Gasteiger partial charge is 0.0605 e.